The van der Waals surface area contributed by atoms with Gasteiger partial charge in [-0.25, -0.2) is 0 Å². The Morgan fingerprint density at radius 1 is 1.32 bits per heavy atom. The van der Waals surface area contributed by atoms with Crippen molar-refractivity contribution in [2.75, 3.05) is 19.6 Å². The molecule has 0 aromatic heterocycles. The molecule has 1 saturated heterocycles. The molecule has 1 unspecified atom stereocenters. The van der Waals surface area contributed by atoms with Crippen LogP contribution in [0, 0.1) is 11.8 Å². The van der Waals surface area contributed by atoms with Crippen molar-refractivity contribution in [1.29, 1.82) is 0 Å². The summed E-state index contributed by atoms with van der Waals surface area (Å²) in [5, 5.41) is 9.88. The highest BCUT2D eigenvalue weighted by molar-refractivity contribution is 5.76. The summed E-state index contributed by atoms with van der Waals surface area (Å²) in [6.07, 6.45) is 3.93. The van der Waals surface area contributed by atoms with Crippen LogP contribution in [-0.4, -0.2) is 41.1 Å². The Labute approximate surface area is 117 Å². The lowest BCUT2D eigenvalue weighted by Crippen LogP contribution is -2.45. The monoisotopic (exact) mass is 270 g/mol. The number of aliphatic hydroxyl groups is 1. The van der Waals surface area contributed by atoms with Crippen LogP contribution in [-0.2, 0) is 4.79 Å². The molecule has 0 aromatic carbocycles. The Balaban J connectivity index is 2.35. The zero-order valence-corrected chi connectivity index (χ0v) is 12.7. The molecule has 1 heterocycles. The average molecular weight is 270 g/mol. The predicted octanol–water partition coefficient (Wildman–Crippen LogP) is 1.76. The molecule has 3 N–H and O–H groups in total. The fraction of sp³-hybridized carbons (Fsp3) is 0.933. The van der Waals surface area contributed by atoms with E-state index in [-0.39, 0.29) is 5.91 Å². The summed E-state index contributed by atoms with van der Waals surface area (Å²) >= 11 is 0. The van der Waals surface area contributed by atoms with E-state index in [0.29, 0.717) is 50.7 Å². The normalized spacial score (nSPS) is 20.6. The summed E-state index contributed by atoms with van der Waals surface area (Å²) in [4.78, 5) is 14.1. The topological polar surface area (TPSA) is 66.6 Å². The molecule has 1 rings (SSSR count). The number of amides is 1. The first-order valence-corrected chi connectivity index (χ1v) is 7.56. The number of carbonyl (C=O) groups excluding carboxylic acids is 1. The van der Waals surface area contributed by atoms with Crippen molar-refractivity contribution in [2.45, 2.75) is 58.5 Å². The van der Waals surface area contributed by atoms with E-state index in [1.54, 1.807) is 0 Å². The minimum atomic E-state index is -0.587. The molecule has 0 bridgehead atoms. The van der Waals surface area contributed by atoms with Crippen molar-refractivity contribution in [3.63, 3.8) is 0 Å². The molecule has 1 atom stereocenters. The molecule has 112 valence electrons. The Morgan fingerprint density at radius 3 is 2.37 bits per heavy atom. The number of hydrogen-bond acceptors (Lipinski definition) is 3. The van der Waals surface area contributed by atoms with E-state index in [1.165, 1.54) is 0 Å². The smallest absolute Gasteiger partial charge is 0.222 e. The van der Waals surface area contributed by atoms with E-state index >= 15 is 0 Å². The minimum Gasteiger partial charge on any atom is -0.390 e. The van der Waals surface area contributed by atoms with Crippen LogP contribution in [0.3, 0.4) is 0 Å². The second-order valence-corrected chi connectivity index (χ2v) is 6.50. The van der Waals surface area contributed by atoms with Gasteiger partial charge in [0, 0.05) is 19.5 Å². The number of hydrogen-bond donors (Lipinski definition) is 2. The van der Waals surface area contributed by atoms with Gasteiger partial charge in [0.1, 0.15) is 0 Å². The number of carbonyl (C=O) groups is 1. The van der Waals surface area contributed by atoms with Crippen LogP contribution in [0.15, 0.2) is 0 Å². The molecular formula is C15H30N2O2. The van der Waals surface area contributed by atoms with Crippen LogP contribution in [0.5, 0.6) is 0 Å². The molecule has 0 aromatic rings. The summed E-state index contributed by atoms with van der Waals surface area (Å²) in [6.45, 7) is 8.32. The molecule has 4 nitrogen and oxygen atoms in total. The lowest BCUT2D eigenvalue weighted by Gasteiger charge is -2.36. The summed E-state index contributed by atoms with van der Waals surface area (Å²) in [5.41, 5.74) is 5.04. The van der Waals surface area contributed by atoms with Gasteiger partial charge in [0.2, 0.25) is 5.91 Å². The molecule has 1 aliphatic rings. The first-order chi connectivity index (χ1) is 8.85. The Hall–Kier alpha value is -0.610. The molecule has 0 aliphatic carbocycles. The van der Waals surface area contributed by atoms with Gasteiger partial charge in [-0.2, -0.15) is 0 Å². The SMILES string of the molecule is CC(C)C(CCN)CCC(=O)N1CCC(C)(O)CC1. The Bertz CT molecular complexity index is 280. The van der Waals surface area contributed by atoms with E-state index in [2.05, 4.69) is 13.8 Å². The number of nitrogens with zero attached hydrogens (tertiary/aromatic N) is 1. The third kappa shape index (κ3) is 5.49. The van der Waals surface area contributed by atoms with Gasteiger partial charge in [-0.15, -0.1) is 0 Å². The van der Waals surface area contributed by atoms with Gasteiger partial charge < -0.3 is 15.7 Å². The van der Waals surface area contributed by atoms with Crippen LogP contribution in [0.25, 0.3) is 0 Å². The summed E-state index contributed by atoms with van der Waals surface area (Å²) < 4.78 is 0. The molecule has 1 aliphatic heterocycles. The lowest BCUT2D eigenvalue weighted by atomic mass is 9.88. The van der Waals surface area contributed by atoms with Crippen molar-refractivity contribution < 1.29 is 9.90 Å². The maximum Gasteiger partial charge on any atom is 0.222 e. The Morgan fingerprint density at radius 2 is 1.89 bits per heavy atom. The van der Waals surface area contributed by atoms with Gasteiger partial charge in [0.15, 0.2) is 0 Å². The predicted molar refractivity (Wildman–Crippen MR) is 77.7 cm³/mol. The molecule has 0 radical (unpaired) electrons. The zero-order valence-electron chi connectivity index (χ0n) is 12.7. The minimum absolute atomic E-state index is 0.234. The van der Waals surface area contributed by atoms with Gasteiger partial charge in [0.25, 0.3) is 0 Å². The largest absolute Gasteiger partial charge is 0.390 e. The highest BCUT2D eigenvalue weighted by Gasteiger charge is 2.29. The number of piperidine rings is 1. The van der Waals surface area contributed by atoms with E-state index in [1.807, 2.05) is 11.8 Å². The summed E-state index contributed by atoms with van der Waals surface area (Å²) in [7, 11) is 0. The van der Waals surface area contributed by atoms with Crippen LogP contribution in [0.1, 0.15) is 52.9 Å². The highest BCUT2D eigenvalue weighted by Crippen LogP contribution is 2.24. The van der Waals surface area contributed by atoms with Gasteiger partial charge in [0.05, 0.1) is 5.60 Å². The standard InChI is InChI=1S/C15H30N2O2/c1-12(2)13(6-9-16)4-5-14(18)17-10-7-15(3,19)8-11-17/h12-13,19H,4-11,16H2,1-3H3. The van der Waals surface area contributed by atoms with Gasteiger partial charge >= 0.3 is 0 Å². The second-order valence-electron chi connectivity index (χ2n) is 6.50. The third-order valence-electron chi connectivity index (χ3n) is 4.40. The lowest BCUT2D eigenvalue weighted by molar-refractivity contribution is -0.135. The molecular weight excluding hydrogens is 240 g/mol. The highest BCUT2D eigenvalue weighted by atomic mass is 16.3. The van der Waals surface area contributed by atoms with Crippen molar-refractivity contribution in [2.24, 2.45) is 17.6 Å². The maximum absolute atomic E-state index is 12.2. The number of rotatable bonds is 6. The summed E-state index contributed by atoms with van der Waals surface area (Å²) in [6, 6.07) is 0. The van der Waals surface area contributed by atoms with Crippen molar-refractivity contribution >= 4 is 5.91 Å². The van der Waals surface area contributed by atoms with Crippen LogP contribution >= 0.6 is 0 Å². The molecule has 0 saturated carbocycles. The van der Waals surface area contributed by atoms with Crippen molar-refractivity contribution in [3.05, 3.63) is 0 Å². The quantitative estimate of drug-likeness (QED) is 0.773. The molecule has 0 spiro atoms. The third-order valence-corrected chi connectivity index (χ3v) is 4.40. The molecule has 4 heteroatoms. The van der Waals surface area contributed by atoms with E-state index in [9.17, 15) is 9.90 Å². The molecule has 1 fully saturated rings. The van der Waals surface area contributed by atoms with Crippen LogP contribution in [0.4, 0.5) is 0 Å². The summed E-state index contributed by atoms with van der Waals surface area (Å²) in [5.74, 6) is 1.36. The number of nitrogens with two attached hydrogens (primary N) is 1. The molecule has 19 heavy (non-hydrogen) atoms. The van der Waals surface area contributed by atoms with Gasteiger partial charge in [-0.05, 0) is 51.0 Å². The second kappa shape index (κ2) is 7.25. The first kappa shape index (κ1) is 16.4. The Kier molecular flexibility index (Phi) is 6.27. The van der Waals surface area contributed by atoms with E-state index in [0.717, 1.165) is 12.8 Å². The van der Waals surface area contributed by atoms with Crippen molar-refractivity contribution in [1.82, 2.24) is 4.90 Å². The van der Waals surface area contributed by atoms with Crippen LogP contribution < -0.4 is 5.73 Å². The maximum atomic E-state index is 12.2. The average Bonchev–Trinajstić information content (AvgIpc) is 2.33. The van der Waals surface area contributed by atoms with Gasteiger partial charge in [-0.1, -0.05) is 13.8 Å². The molecule has 1 amide bonds. The van der Waals surface area contributed by atoms with E-state index < -0.39 is 5.60 Å². The first-order valence-electron chi connectivity index (χ1n) is 7.56. The number of likely N-dealkylation sites (tertiary alicyclic amines) is 1. The fourth-order valence-corrected chi connectivity index (χ4v) is 2.73. The zero-order chi connectivity index (χ0) is 14.5. The van der Waals surface area contributed by atoms with Crippen molar-refractivity contribution in [3.8, 4) is 0 Å². The fourth-order valence-electron chi connectivity index (χ4n) is 2.73. The van der Waals surface area contributed by atoms with E-state index in [4.69, 9.17) is 5.73 Å². The van der Waals surface area contributed by atoms with Gasteiger partial charge in [-0.3, -0.25) is 4.79 Å². The van der Waals surface area contributed by atoms with Crippen LogP contribution in [0.2, 0.25) is 0 Å².